The van der Waals surface area contributed by atoms with Crippen LogP contribution < -0.4 is 16.0 Å². The van der Waals surface area contributed by atoms with Gasteiger partial charge >= 0.3 is 0 Å². The van der Waals surface area contributed by atoms with Crippen LogP contribution in [0.25, 0.3) is 0 Å². The molecule has 1 aliphatic heterocycles. The van der Waals surface area contributed by atoms with Crippen LogP contribution in [0, 0.1) is 0 Å². The van der Waals surface area contributed by atoms with Crippen molar-refractivity contribution in [2.45, 2.75) is 31.4 Å². The van der Waals surface area contributed by atoms with Crippen LogP contribution in [0.2, 0.25) is 0 Å². The van der Waals surface area contributed by atoms with E-state index in [1.165, 1.54) is 0 Å². The average Bonchev–Trinajstić information content (AvgIpc) is 2.99. The van der Waals surface area contributed by atoms with Crippen molar-refractivity contribution in [2.75, 3.05) is 26.9 Å². The number of hydrogen-bond donors (Lipinski definition) is 2. The molecule has 112 valence electrons. The molecule has 1 aromatic rings. The number of ether oxygens (including phenoxy) is 3. The number of rotatable bonds is 8. The van der Waals surface area contributed by atoms with E-state index in [4.69, 9.17) is 20.1 Å². The molecule has 5 nitrogen and oxygen atoms in total. The van der Waals surface area contributed by atoms with Crippen molar-refractivity contribution < 1.29 is 14.2 Å². The van der Waals surface area contributed by atoms with Crippen molar-refractivity contribution in [2.24, 2.45) is 5.84 Å². The highest BCUT2D eigenvalue weighted by Gasteiger charge is 2.23. The fourth-order valence-corrected chi connectivity index (χ4v) is 2.51. The van der Waals surface area contributed by atoms with Gasteiger partial charge in [0.15, 0.2) is 0 Å². The van der Waals surface area contributed by atoms with Crippen LogP contribution in [0.4, 0.5) is 0 Å². The largest absolute Gasteiger partial charge is 0.491 e. The SMILES string of the molecule is COCCOc1ccccc1C(CC1CCCO1)NN. The maximum atomic E-state index is 5.76. The monoisotopic (exact) mass is 280 g/mol. The standard InChI is InChI=1S/C15H24N2O3/c1-18-9-10-20-15-7-3-2-6-13(15)14(17-16)11-12-5-4-8-19-12/h2-3,6-7,12,14,17H,4-5,8-11,16H2,1H3. The Labute approximate surface area is 120 Å². The Morgan fingerprint density at radius 1 is 1.40 bits per heavy atom. The lowest BCUT2D eigenvalue weighted by molar-refractivity contribution is 0.0939. The molecule has 0 amide bonds. The first-order valence-electron chi connectivity index (χ1n) is 7.13. The van der Waals surface area contributed by atoms with Gasteiger partial charge in [0.05, 0.1) is 18.8 Å². The molecule has 20 heavy (non-hydrogen) atoms. The molecule has 2 unspecified atom stereocenters. The van der Waals surface area contributed by atoms with E-state index in [1.807, 2.05) is 24.3 Å². The van der Waals surface area contributed by atoms with Gasteiger partial charge in [0.25, 0.3) is 0 Å². The number of methoxy groups -OCH3 is 1. The Morgan fingerprint density at radius 2 is 2.25 bits per heavy atom. The van der Waals surface area contributed by atoms with Crippen LogP contribution >= 0.6 is 0 Å². The minimum absolute atomic E-state index is 0.0387. The first kappa shape index (κ1) is 15.3. The van der Waals surface area contributed by atoms with E-state index < -0.39 is 0 Å². The van der Waals surface area contributed by atoms with Gasteiger partial charge < -0.3 is 14.2 Å². The van der Waals surface area contributed by atoms with E-state index in [1.54, 1.807) is 7.11 Å². The highest BCUT2D eigenvalue weighted by molar-refractivity contribution is 5.36. The molecule has 1 saturated heterocycles. The second-order valence-corrected chi connectivity index (χ2v) is 4.97. The van der Waals surface area contributed by atoms with Crippen LogP contribution in [0.15, 0.2) is 24.3 Å². The van der Waals surface area contributed by atoms with Gasteiger partial charge in [-0.15, -0.1) is 0 Å². The Balaban J connectivity index is 2.03. The summed E-state index contributed by atoms with van der Waals surface area (Å²) >= 11 is 0. The van der Waals surface area contributed by atoms with Gasteiger partial charge in [-0.25, -0.2) is 0 Å². The summed E-state index contributed by atoms with van der Waals surface area (Å²) in [6.07, 6.45) is 3.38. The summed E-state index contributed by atoms with van der Waals surface area (Å²) < 4.78 is 16.5. The van der Waals surface area contributed by atoms with Crippen molar-refractivity contribution in [1.29, 1.82) is 0 Å². The predicted molar refractivity (Wildman–Crippen MR) is 77.5 cm³/mol. The third-order valence-electron chi connectivity index (χ3n) is 3.56. The summed E-state index contributed by atoms with van der Waals surface area (Å²) in [4.78, 5) is 0. The fourth-order valence-electron chi connectivity index (χ4n) is 2.51. The first-order valence-corrected chi connectivity index (χ1v) is 7.13. The summed E-state index contributed by atoms with van der Waals surface area (Å²) in [7, 11) is 1.66. The molecule has 2 rings (SSSR count). The van der Waals surface area contributed by atoms with Crippen molar-refractivity contribution >= 4 is 0 Å². The number of hydrogen-bond acceptors (Lipinski definition) is 5. The highest BCUT2D eigenvalue weighted by atomic mass is 16.5. The first-order chi connectivity index (χ1) is 9.85. The summed E-state index contributed by atoms with van der Waals surface area (Å²) in [5.41, 5.74) is 3.96. The smallest absolute Gasteiger partial charge is 0.124 e. The maximum Gasteiger partial charge on any atom is 0.124 e. The molecular formula is C15H24N2O3. The molecule has 0 aliphatic carbocycles. The third-order valence-corrected chi connectivity index (χ3v) is 3.56. The predicted octanol–water partition coefficient (Wildman–Crippen LogP) is 1.79. The lowest BCUT2D eigenvalue weighted by Gasteiger charge is -2.22. The molecule has 0 radical (unpaired) electrons. The van der Waals surface area contributed by atoms with Gasteiger partial charge in [0, 0.05) is 19.3 Å². The third kappa shape index (κ3) is 4.18. The lowest BCUT2D eigenvalue weighted by atomic mass is 9.99. The molecule has 0 aromatic heterocycles. The second kappa shape index (κ2) is 8.21. The zero-order chi connectivity index (χ0) is 14.2. The van der Waals surface area contributed by atoms with Gasteiger partial charge in [-0.1, -0.05) is 18.2 Å². The zero-order valence-corrected chi connectivity index (χ0v) is 12.0. The van der Waals surface area contributed by atoms with Gasteiger partial charge in [-0.05, 0) is 25.3 Å². The van der Waals surface area contributed by atoms with E-state index >= 15 is 0 Å². The quantitative estimate of drug-likeness (QED) is 0.432. The molecule has 5 heteroatoms. The molecule has 1 aliphatic rings. The van der Waals surface area contributed by atoms with E-state index in [0.717, 1.165) is 37.2 Å². The highest BCUT2D eigenvalue weighted by Crippen LogP contribution is 2.30. The van der Waals surface area contributed by atoms with E-state index in [0.29, 0.717) is 13.2 Å². The lowest BCUT2D eigenvalue weighted by Crippen LogP contribution is -2.31. The Bertz CT molecular complexity index is 394. The molecule has 0 spiro atoms. The van der Waals surface area contributed by atoms with Crippen LogP contribution in [0.1, 0.15) is 30.9 Å². The van der Waals surface area contributed by atoms with Crippen LogP contribution in [0.5, 0.6) is 5.75 Å². The molecular weight excluding hydrogens is 256 g/mol. The van der Waals surface area contributed by atoms with Crippen LogP contribution in [-0.4, -0.2) is 33.0 Å². The molecule has 2 atom stereocenters. The van der Waals surface area contributed by atoms with Gasteiger partial charge in [-0.2, -0.15) is 0 Å². The zero-order valence-electron chi connectivity index (χ0n) is 12.0. The van der Waals surface area contributed by atoms with Gasteiger partial charge in [0.1, 0.15) is 12.4 Å². The van der Waals surface area contributed by atoms with Crippen molar-refractivity contribution in [1.82, 2.24) is 5.43 Å². The number of nitrogens with two attached hydrogens (primary N) is 1. The van der Waals surface area contributed by atoms with Crippen molar-refractivity contribution in [3.8, 4) is 5.75 Å². The second-order valence-electron chi connectivity index (χ2n) is 4.97. The van der Waals surface area contributed by atoms with Gasteiger partial charge in [-0.3, -0.25) is 11.3 Å². The van der Waals surface area contributed by atoms with Gasteiger partial charge in [0.2, 0.25) is 0 Å². The van der Waals surface area contributed by atoms with E-state index in [9.17, 15) is 0 Å². The molecule has 3 N–H and O–H groups in total. The number of hydrazine groups is 1. The summed E-state index contributed by atoms with van der Waals surface area (Å²) in [6.45, 7) is 1.96. The summed E-state index contributed by atoms with van der Waals surface area (Å²) in [5, 5.41) is 0. The number of nitrogens with one attached hydrogen (secondary N) is 1. The Kier molecular flexibility index (Phi) is 6.26. The molecule has 1 aromatic carbocycles. The van der Waals surface area contributed by atoms with E-state index in [2.05, 4.69) is 5.43 Å². The average molecular weight is 280 g/mol. The molecule has 0 saturated carbocycles. The summed E-state index contributed by atoms with van der Waals surface area (Å²) in [5.74, 6) is 6.57. The molecule has 0 bridgehead atoms. The van der Waals surface area contributed by atoms with E-state index in [-0.39, 0.29) is 12.1 Å². The topological polar surface area (TPSA) is 65.7 Å². The maximum absolute atomic E-state index is 5.76. The van der Waals surface area contributed by atoms with Crippen LogP contribution in [-0.2, 0) is 9.47 Å². The van der Waals surface area contributed by atoms with Crippen LogP contribution in [0.3, 0.4) is 0 Å². The van der Waals surface area contributed by atoms with Crippen molar-refractivity contribution in [3.05, 3.63) is 29.8 Å². The Morgan fingerprint density at radius 3 is 2.95 bits per heavy atom. The Hall–Kier alpha value is -1.14. The number of para-hydroxylation sites is 1. The summed E-state index contributed by atoms with van der Waals surface area (Å²) in [6, 6.07) is 8.01. The normalized spacial score (nSPS) is 20.0. The fraction of sp³-hybridized carbons (Fsp3) is 0.600. The molecule has 1 fully saturated rings. The molecule has 1 heterocycles. The minimum atomic E-state index is 0.0387. The van der Waals surface area contributed by atoms with Crippen molar-refractivity contribution in [3.63, 3.8) is 0 Å². The number of benzene rings is 1. The minimum Gasteiger partial charge on any atom is -0.491 e.